The van der Waals surface area contributed by atoms with Crippen LogP contribution >= 0.6 is 0 Å². The first kappa shape index (κ1) is 14.4. The third-order valence-corrected chi connectivity index (χ3v) is 3.45. The van der Waals surface area contributed by atoms with E-state index in [1.165, 1.54) is 0 Å². The van der Waals surface area contributed by atoms with Crippen molar-refractivity contribution in [1.82, 2.24) is 15.5 Å². The number of nitrogens with two attached hydrogens (primary N) is 1. The number of hydrogen-bond acceptors (Lipinski definition) is 4. The van der Waals surface area contributed by atoms with E-state index in [9.17, 15) is 4.79 Å². The maximum atomic E-state index is 11.9. The zero-order chi connectivity index (χ0) is 12.9. The van der Waals surface area contributed by atoms with E-state index in [0.717, 1.165) is 26.1 Å². The minimum Gasteiger partial charge on any atom is -0.350 e. The molecule has 0 aromatic carbocycles. The van der Waals surface area contributed by atoms with Crippen LogP contribution in [0.25, 0.3) is 0 Å². The van der Waals surface area contributed by atoms with Crippen molar-refractivity contribution < 1.29 is 4.79 Å². The summed E-state index contributed by atoms with van der Waals surface area (Å²) in [5.74, 6) is 0.0946. The van der Waals surface area contributed by atoms with Gasteiger partial charge in [-0.25, -0.2) is 0 Å². The second kappa shape index (κ2) is 6.33. The minimum absolute atomic E-state index is 0.0946. The highest BCUT2D eigenvalue weighted by Crippen LogP contribution is 2.07. The maximum Gasteiger partial charge on any atom is 0.234 e. The van der Waals surface area contributed by atoms with E-state index in [1.807, 2.05) is 13.8 Å². The van der Waals surface area contributed by atoms with Crippen molar-refractivity contribution in [2.45, 2.75) is 38.8 Å². The molecule has 5 nitrogen and oxygen atoms in total. The highest BCUT2D eigenvalue weighted by atomic mass is 16.2. The second-order valence-electron chi connectivity index (χ2n) is 5.35. The number of carbonyl (C=O) groups is 1. The standard InChI is InChI=1S/C12H26N4O/c1-4-12(2,3)15-11(17)9-16-6-5-14-8-10(16)7-13/h10,14H,4-9,13H2,1-3H3,(H,15,17). The molecule has 0 radical (unpaired) electrons. The van der Waals surface area contributed by atoms with Crippen LogP contribution in [-0.2, 0) is 4.79 Å². The van der Waals surface area contributed by atoms with Crippen molar-refractivity contribution >= 4 is 5.91 Å². The van der Waals surface area contributed by atoms with Gasteiger partial charge in [0.2, 0.25) is 5.91 Å². The molecule has 0 saturated carbocycles. The molecular weight excluding hydrogens is 216 g/mol. The highest BCUT2D eigenvalue weighted by molar-refractivity contribution is 5.78. The van der Waals surface area contributed by atoms with Gasteiger partial charge < -0.3 is 16.4 Å². The maximum absolute atomic E-state index is 11.9. The first-order valence-electron chi connectivity index (χ1n) is 6.44. The van der Waals surface area contributed by atoms with Gasteiger partial charge in [0.25, 0.3) is 0 Å². The summed E-state index contributed by atoms with van der Waals surface area (Å²) in [7, 11) is 0. The minimum atomic E-state index is -0.122. The van der Waals surface area contributed by atoms with Crippen molar-refractivity contribution in [3.05, 3.63) is 0 Å². The third kappa shape index (κ3) is 4.61. The lowest BCUT2D eigenvalue weighted by Gasteiger charge is -2.35. The fraction of sp³-hybridized carbons (Fsp3) is 0.917. The van der Waals surface area contributed by atoms with Crippen molar-refractivity contribution in [2.75, 3.05) is 32.7 Å². The second-order valence-corrected chi connectivity index (χ2v) is 5.35. The number of hydrogen-bond donors (Lipinski definition) is 3. The van der Waals surface area contributed by atoms with Gasteiger partial charge in [-0.2, -0.15) is 0 Å². The van der Waals surface area contributed by atoms with Gasteiger partial charge in [0, 0.05) is 37.8 Å². The number of amides is 1. The molecule has 17 heavy (non-hydrogen) atoms. The SMILES string of the molecule is CCC(C)(C)NC(=O)CN1CCNCC1CN. The molecule has 1 heterocycles. The van der Waals surface area contributed by atoms with Gasteiger partial charge >= 0.3 is 0 Å². The van der Waals surface area contributed by atoms with Crippen molar-refractivity contribution in [2.24, 2.45) is 5.73 Å². The predicted molar refractivity (Wildman–Crippen MR) is 69.8 cm³/mol. The summed E-state index contributed by atoms with van der Waals surface area (Å²) in [5, 5.41) is 6.35. The van der Waals surface area contributed by atoms with E-state index in [0.29, 0.717) is 13.1 Å². The number of nitrogens with one attached hydrogen (secondary N) is 2. The van der Waals surface area contributed by atoms with E-state index >= 15 is 0 Å². The number of rotatable bonds is 5. The van der Waals surface area contributed by atoms with Crippen LogP contribution in [0.1, 0.15) is 27.2 Å². The van der Waals surface area contributed by atoms with Crippen LogP contribution < -0.4 is 16.4 Å². The highest BCUT2D eigenvalue weighted by Gasteiger charge is 2.25. The Bertz CT molecular complexity index is 255. The molecule has 0 bridgehead atoms. The lowest BCUT2D eigenvalue weighted by Crippen LogP contribution is -2.57. The number of carbonyl (C=O) groups excluding carboxylic acids is 1. The Kier molecular flexibility index (Phi) is 5.36. The zero-order valence-electron chi connectivity index (χ0n) is 11.3. The van der Waals surface area contributed by atoms with Crippen LogP contribution in [-0.4, -0.2) is 55.1 Å². The molecule has 1 unspecified atom stereocenters. The third-order valence-electron chi connectivity index (χ3n) is 3.45. The summed E-state index contributed by atoms with van der Waals surface area (Å²) in [6, 6.07) is 0.277. The first-order valence-corrected chi connectivity index (χ1v) is 6.44. The Labute approximate surface area is 104 Å². The summed E-state index contributed by atoms with van der Waals surface area (Å²) in [6.45, 7) is 9.91. The van der Waals surface area contributed by atoms with Gasteiger partial charge in [-0.05, 0) is 20.3 Å². The molecule has 0 aliphatic carbocycles. The molecule has 1 amide bonds. The molecule has 1 saturated heterocycles. The molecule has 1 rings (SSSR count). The summed E-state index contributed by atoms with van der Waals surface area (Å²) < 4.78 is 0. The quantitative estimate of drug-likeness (QED) is 0.609. The smallest absolute Gasteiger partial charge is 0.234 e. The Morgan fingerprint density at radius 3 is 2.88 bits per heavy atom. The topological polar surface area (TPSA) is 70.4 Å². The van der Waals surface area contributed by atoms with Gasteiger partial charge in [-0.1, -0.05) is 6.92 Å². The molecular formula is C12H26N4O. The summed E-state index contributed by atoms with van der Waals surface area (Å²) in [4.78, 5) is 14.1. The molecule has 5 heteroatoms. The molecule has 100 valence electrons. The van der Waals surface area contributed by atoms with E-state index in [2.05, 4.69) is 22.5 Å². The monoisotopic (exact) mass is 242 g/mol. The fourth-order valence-corrected chi connectivity index (χ4v) is 1.93. The van der Waals surface area contributed by atoms with E-state index in [-0.39, 0.29) is 17.5 Å². The normalized spacial score (nSPS) is 22.5. The van der Waals surface area contributed by atoms with Crippen LogP contribution in [0.15, 0.2) is 0 Å². The average molecular weight is 242 g/mol. The van der Waals surface area contributed by atoms with E-state index in [4.69, 9.17) is 5.73 Å². The van der Waals surface area contributed by atoms with Crippen molar-refractivity contribution in [1.29, 1.82) is 0 Å². The first-order chi connectivity index (χ1) is 7.98. The van der Waals surface area contributed by atoms with Gasteiger partial charge in [-0.15, -0.1) is 0 Å². The zero-order valence-corrected chi connectivity index (χ0v) is 11.3. The van der Waals surface area contributed by atoms with Gasteiger partial charge in [0.1, 0.15) is 0 Å². The molecule has 0 aromatic heterocycles. The van der Waals surface area contributed by atoms with Crippen LogP contribution in [0.4, 0.5) is 0 Å². The van der Waals surface area contributed by atoms with Gasteiger partial charge in [-0.3, -0.25) is 9.69 Å². The van der Waals surface area contributed by atoms with E-state index in [1.54, 1.807) is 0 Å². The largest absolute Gasteiger partial charge is 0.350 e. The van der Waals surface area contributed by atoms with Crippen LogP contribution in [0.5, 0.6) is 0 Å². The molecule has 1 aliphatic heterocycles. The summed E-state index contributed by atoms with van der Waals surface area (Å²) in [5.41, 5.74) is 5.59. The molecule has 1 aliphatic rings. The van der Waals surface area contributed by atoms with Crippen LogP contribution in [0.3, 0.4) is 0 Å². The van der Waals surface area contributed by atoms with E-state index < -0.39 is 0 Å². The van der Waals surface area contributed by atoms with Crippen LogP contribution in [0, 0.1) is 0 Å². The predicted octanol–water partition coefficient (Wildman–Crippen LogP) is -0.476. The Balaban J connectivity index is 2.44. The van der Waals surface area contributed by atoms with Crippen molar-refractivity contribution in [3.63, 3.8) is 0 Å². The lowest BCUT2D eigenvalue weighted by atomic mass is 10.0. The molecule has 1 fully saturated rings. The lowest BCUT2D eigenvalue weighted by molar-refractivity contribution is -0.124. The molecule has 4 N–H and O–H groups in total. The Morgan fingerprint density at radius 2 is 2.29 bits per heavy atom. The van der Waals surface area contributed by atoms with Gasteiger partial charge in [0.15, 0.2) is 0 Å². The Morgan fingerprint density at radius 1 is 1.59 bits per heavy atom. The fourth-order valence-electron chi connectivity index (χ4n) is 1.93. The molecule has 0 aromatic rings. The number of piperazine rings is 1. The van der Waals surface area contributed by atoms with Crippen molar-refractivity contribution in [3.8, 4) is 0 Å². The molecule has 1 atom stereocenters. The molecule has 0 spiro atoms. The van der Waals surface area contributed by atoms with Gasteiger partial charge in [0.05, 0.1) is 6.54 Å². The summed E-state index contributed by atoms with van der Waals surface area (Å²) >= 11 is 0. The number of nitrogens with zero attached hydrogens (tertiary/aromatic N) is 1. The Hall–Kier alpha value is -0.650. The van der Waals surface area contributed by atoms with Crippen LogP contribution in [0.2, 0.25) is 0 Å². The average Bonchev–Trinajstić information content (AvgIpc) is 2.29. The summed E-state index contributed by atoms with van der Waals surface area (Å²) in [6.07, 6.45) is 0.931.